The molecule has 1 heterocycles. The summed E-state index contributed by atoms with van der Waals surface area (Å²) in [5, 5.41) is 0. The zero-order valence-corrected chi connectivity index (χ0v) is 13.0. The van der Waals surface area contributed by atoms with Gasteiger partial charge in [0, 0.05) is 17.3 Å². The van der Waals surface area contributed by atoms with Crippen LogP contribution in [0.15, 0.2) is 23.1 Å². The van der Waals surface area contributed by atoms with Crippen molar-refractivity contribution in [3.05, 3.63) is 23.8 Å². The second-order valence-electron chi connectivity index (χ2n) is 4.99. The van der Waals surface area contributed by atoms with Crippen LogP contribution in [0.2, 0.25) is 0 Å². The molecule has 1 aromatic rings. The number of rotatable bonds is 6. The van der Waals surface area contributed by atoms with Crippen molar-refractivity contribution in [1.82, 2.24) is 0 Å². The largest absolute Gasteiger partial charge is 0.493 e. The molecular weight excluding hydrogens is 300 g/mol. The van der Waals surface area contributed by atoms with Crippen molar-refractivity contribution in [3.63, 3.8) is 0 Å². The molecule has 0 radical (unpaired) electrons. The van der Waals surface area contributed by atoms with Gasteiger partial charge in [-0.1, -0.05) is 0 Å². The molecular formula is C14H19ClO4S. The van der Waals surface area contributed by atoms with Gasteiger partial charge in [-0.25, -0.2) is 8.42 Å². The maximum atomic E-state index is 11.2. The van der Waals surface area contributed by atoms with Crippen molar-refractivity contribution in [3.8, 4) is 5.75 Å². The molecule has 0 aromatic heterocycles. The van der Waals surface area contributed by atoms with Crippen molar-refractivity contribution < 1.29 is 17.9 Å². The molecule has 1 aliphatic heterocycles. The Morgan fingerprint density at radius 3 is 2.85 bits per heavy atom. The number of benzene rings is 1. The summed E-state index contributed by atoms with van der Waals surface area (Å²) in [7, 11) is 1.62. The Hall–Kier alpha value is -0.780. The average molecular weight is 319 g/mol. The first kappa shape index (κ1) is 15.6. The first-order valence-electron chi connectivity index (χ1n) is 6.76. The summed E-state index contributed by atoms with van der Waals surface area (Å²) in [6.07, 6.45) is 4.61. The van der Waals surface area contributed by atoms with Gasteiger partial charge in [0.2, 0.25) is 0 Å². The van der Waals surface area contributed by atoms with Gasteiger partial charge in [-0.2, -0.15) is 0 Å². The molecule has 20 heavy (non-hydrogen) atoms. The predicted molar refractivity (Wildman–Crippen MR) is 77.9 cm³/mol. The van der Waals surface area contributed by atoms with Gasteiger partial charge in [0.15, 0.2) is 0 Å². The van der Waals surface area contributed by atoms with Crippen molar-refractivity contribution >= 4 is 19.7 Å². The lowest BCUT2D eigenvalue weighted by Crippen LogP contribution is -2.08. The first-order chi connectivity index (χ1) is 9.47. The normalized spacial score (nSPS) is 19.2. The fraction of sp³-hybridized carbons (Fsp3) is 0.571. The van der Waals surface area contributed by atoms with E-state index >= 15 is 0 Å². The minimum absolute atomic E-state index is 0.100. The second-order valence-corrected chi connectivity index (χ2v) is 7.56. The van der Waals surface area contributed by atoms with Crippen LogP contribution in [0, 0.1) is 6.92 Å². The Morgan fingerprint density at radius 1 is 1.45 bits per heavy atom. The maximum Gasteiger partial charge on any atom is 0.261 e. The molecule has 4 nitrogen and oxygen atoms in total. The molecule has 0 bridgehead atoms. The lowest BCUT2D eigenvalue weighted by atomic mass is 10.1. The van der Waals surface area contributed by atoms with Gasteiger partial charge in [0.05, 0.1) is 17.6 Å². The summed E-state index contributed by atoms with van der Waals surface area (Å²) in [4.78, 5) is 0.100. The van der Waals surface area contributed by atoms with Crippen LogP contribution in [0.5, 0.6) is 5.75 Å². The summed E-state index contributed by atoms with van der Waals surface area (Å²) in [6.45, 7) is 3.29. The van der Waals surface area contributed by atoms with E-state index in [9.17, 15) is 8.42 Å². The zero-order chi connectivity index (χ0) is 14.6. The van der Waals surface area contributed by atoms with Crippen molar-refractivity contribution in [2.45, 2.75) is 43.6 Å². The highest BCUT2D eigenvalue weighted by Gasteiger charge is 2.15. The molecule has 1 aliphatic rings. The van der Waals surface area contributed by atoms with Crippen LogP contribution in [-0.2, 0) is 13.8 Å². The molecule has 0 saturated carbocycles. The fourth-order valence-electron chi connectivity index (χ4n) is 2.30. The smallest absolute Gasteiger partial charge is 0.261 e. The van der Waals surface area contributed by atoms with Crippen molar-refractivity contribution in [2.75, 3.05) is 13.2 Å². The van der Waals surface area contributed by atoms with Crippen LogP contribution in [-0.4, -0.2) is 27.7 Å². The van der Waals surface area contributed by atoms with E-state index in [1.54, 1.807) is 13.0 Å². The third-order valence-corrected chi connectivity index (χ3v) is 4.73. The molecule has 0 spiro atoms. The van der Waals surface area contributed by atoms with E-state index in [0.29, 0.717) is 18.5 Å². The lowest BCUT2D eigenvalue weighted by molar-refractivity contribution is 0.0981. The molecule has 0 N–H and O–H groups in total. The Labute approximate surface area is 124 Å². The highest BCUT2D eigenvalue weighted by molar-refractivity contribution is 8.13. The minimum atomic E-state index is -3.68. The Kier molecular flexibility index (Phi) is 5.29. The molecule has 1 fully saturated rings. The summed E-state index contributed by atoms with van der Waals surface area (Å²) in [6, 6.07) is 4.64. The average Bonchev–Trinajstić information content (AvgIpc) is 2.88. The van der Waals surface area contributed by atoms with E-state index < -0.39 is 9.05 Å². The third kappa shape index (κ3) is 4.36. The maximum absolute atomic E-state index is 11.2. The van der Waals surface area contributed by atoms with E-state index in [1.165, 1.54) is 12.1 Å². The minimum Gasteiger partial charge on any atom is -0.493 e. The molecule has 2 rings (SSSR count). The van der Waals surface area contributed by atoms with Gasteiger partial charge in [-0.3, -0.25) is 0 Å². The fourth-order valence-corrected chi connectivity index (χ4v) is 3.14. The van der Waals surface area contributed by atoms with Crippen LogP contribution in [0.3, 0.4) is 0 Å². The van der Waals surface area contributed by atoms with Gasteiger partial charge in [0.1, 0.15) is 5.75 Å². The highest BCUT2D eigenvalue weighted by atomic mass is 35.7. The number of aryl methyl sites for hydroxylation is 1. The zero-order valence-electron chi connectivity index (χ0n) is 11.5. The number of hydrogen-bond acceptors (Lipinski definition) is 4. The van der Waals surface area contributed by atoms with E-state index in [4.69, 9.17) is 20.2 Å². The molecule has 0 aliphatic carbocycles. The van der Waals surface area contributed by atoms with Crippen molar-refractivity contribution in [2.24, 2.45) is 0 Å². The Bertz CT molecular complexity index is 550. The van der Waals surface area contributed by atoms with Crippen LogP contribution in [0.4, 0.5) is 0 Å². The predicted octanol–water partition coefficient (Wildman–Crippen LogP) is 3.26. The van der Waals surface area contributed by atoms with E-state index in [0.717, 1.165) is 37.9 Å². The van der Waals surface area contributed by atoms with Crippen LogP contribution < -0.4 is 4.74 Å². The molecule has 1 saturated heterocycles. The number of ether oxygens (including phenoxy) is 2. The van der Waals surface area contributed by atoms with Gasteiger partial charge in [-0.05, 0) is 56.4 Å². The Morgan fingerprint density at radius 2 is 2.25 bits per heavy atom. The van der Waals surface area contributed by atoms with E-state index in [2.05, 4.69) is 0 Å². The van der Waals surface area contributed by atoms with Crippen LogP contribution >= 0.6 is 10.7 Å². The quantitative estimate of drug-likeness (QED) is 0.597. The van der Waals surface area contributed by atoms with Gasteiger partial charge >= 0.3 is 0 Å². The monoisotopic (exact) mass is 318 g/mol. The van der Waals surface area contributed by atoms with Crippen LogP contribution in [0.25, 0.3) is 0 Å². The number of halogens is 1. The van der Waals surface area contributed by atoms with Gasteiger partial charge in [0.25, 0.3) is 9.05 Å². The van der Waals surface area contributed by atoms with Crippen molar-refractivity contribution in [1.29, 1.82) is 0 Å². The van der Waals surface area contributed by atoms with E-state index in [-0.39, 0.29) is 4.90 Å². The third-order valence-electron chi connectivity index (χ3n) is 3.38. The second kappa shape index (κ2) is 6.78. The molecule has 112 valence electrons. The van der Waals surface area contributed by atoms with E-state index in [1.807, 2.05) is 0 Å². The molecule has 0 amide bonds. The molecule has 1 unspecified atom stereocenters. The SMILES string of the molecule is Cc1cc(S(=O)(=O)Cl)ccc1OCCCC1CCCO1. The number of hydrogen-bond donors (Lipinski definition) is 0. The highest BCUT2D eigenvalue weighted by Crippen LogP contribution is 2.24. The summed E-state index contributed by atoms with van der Waals surface area (Å²) in [5.74, 6) is 0.696. The molecule has 6 heteroatoms. The molecule has 1 atom stereocenters. The summed E-state index contributed by atoms with van der Waals surface area (Å²) >= 11 is 0. The van der Waals surface area contributed by atoms with Gasteiger partial charge in [-0.15, -0.1) is 0 Å². The lowest BCUT2D eigenvalue weighted by Gasteiger charge is -2.12. The first-order valence-corrected chi connectivity index (χ1v) is 9.07. The Balaban J connectivity index is 1.83. The molecule has 1 aromatic carbocycles. The summed E-state index contributed by atoms with van der Waals surface area (Å²) in [5.41, 5.74) is 0.767. The standard InChI is InChI=1S/C14H19ClO4S/c1-11-10-13(20(15,16)17)6-7-14(11)19-9-3-5-12-4-2-8-18-12/h6-7,10,12H,2-5,8-9H2,1H3. The van der Waals surface area contributed by atoms with Crippen LogP contribution in [0.1, 0.15) is 31.2 Å². The summed E-state index contributed by atoms with van der Waals surface area (Å²) < 4.78 is 33.6. The van der Waals surface area contributed by atoms with Gasteiger partial charge < -0.3 is 9.47 Å². The topological polar surface area (TPSA) is 52.6 Å².